The minimum Gasteiger partial charge on any atom is -0.358 e. The van der Waals surface area contributed by atoms with Crippen LogP contribution in [0.4, 0.5) is 5.82 Å². The number of hydrogen-bond donors (Lipinski definition) is 1. The van der Waals surface area contributed by atoms with Crippen molar-refractivity contribution < 1.29 is 9.72 Å². The van der Waals surface area contributed by atoms with Crippen LogP contribution in [0.3, 0.4) is 0 Å². The Hall–Kier alpha value is -2.20. The number of carbonyl (C=O) groups is 1. The van der Waals surface area contributed by atoms with Crippen LogP contribution >= 0.6 is 46.3 Å². The fourth-order valence-corrected chi connectivity index (χ4v) is 4.84. The van der Waals surface area contributed by atoms with E-state index in [4.69, 9.17) is 23.2 Å². The van der Waals surface area contributed by atoms with Crippen LogP contribution in [-0.4, -0.2) is 27.3 Å². The molecule has 0 aliphatic heterocycles. The van der Waals surface area contributed by atoms with E-state index >= 15 is 0 Å². The zero-order valence-corrected chi connectivity index (χ0v) is 17.2. The first-order chi connectivity index (χ1) is 13.5. The minimum absolute atomic E-state index is 0.00330. The highest BCUT2D eigenvalue weighted by molar-refractivity contribution is 8.01. The van der Waals surface area contributed by atoms with Crippen LogP contribution in [-0.2, 0) is 6.42 Å². The number of benzene rings is 1. The summed E-state index contributed by atoms with van der Waals surface area (Å²) in [5.74, 6) is -0.880. The molecule has 0 atom stereocenters. The van der Waals surface area contributed by atoms with Gasteiger partial charge in [0.25, 0.3) is 5.01 Å². The van der Waals surface area contributed by atoms with E-state index in [1.807, 2.05) is 30.3 Å². The summed E-state index contributed by atoms with van der Waals surface area (Å²) in [7, 11) is 0. The summed E-state index contributed by atoms with van der Waals surface area (Å²) in [5, 5.41) is 14.6. The molecule has 0 saturated carbocycles. The third kappa shape index (κ3) is 4.99. The van der Waals surface area contributed by atoms with Crippen molar-refractivity contribution in [3.05, 3.63) is 73.5 Å². The molecule has 2 aromatic heterocycles. The van der Waals surface area contributed by atoms with Crippen LogP contribution in [0.5, 0.6) is 0 Å². The lowest BCUT2D eigenvalue weighted by Crippen LogP contribution is -2.25. The molecule has 0 bridgehead atoms. The first-order valence-electron chi connectivity index (χ1n) is 7.90. The zero-order valence-electron chi connectivity index (χ0n) is 14.1. The second kappa shape index (κ2) is 9.33. The molecule has 3 aromatic rings. The Morgan fingerprint density at radius 1 is 1.21 bits per heavy atom. The summed E-state index contributed by atoms with van der Waals surface area (Å²) in [6, 6.07) is 9.66. The SMILES string of the molecule is O=C(NCCc1ccccc1)c1nc([N+](=O)[O-])c(Sc2c(Cl)cncc2Cl)s1. The molecule has 1 amide bonds. The van der Waals surface area contributed by atoms with E-state index in [0.29, 0.717) is 17.9 Å². The fourth-order valence-electron chi connectivity index (χ4n) is 2.21. The van der Waals surface area contributed by atoms with Crippen molar-refractivity contribution in [3.63, 3.8) is 0 Å². The average Bonchev–Trinajstić information content (AvgIpc) is 3.10. The van der Waals surface area contributed by atoms with Gasteiger partial charge in [-0.05, 0) is 21.9 Å². The topological polar surface area (TPSA) is 98.0 Å². The van der Waals surface area contributed by atoms with Crippen molar-refractivity contribution in [1.29, 1.82) is 0 Å². The third-order valence-corrected chi connectivity index (χ3v) is 6.64. The van der Waals surface area contributed by atoms with E-state index in [1.54, 1.807) is 0 Å². The highest BCUT2D eigenvalue weighted by atomic mass is 35.5. The molecule has 7 nitrogen and oxygen atoms in total. The minimum atomic E-state index is -0.636. The van der Waals surface area contributed by atoms with E-state index in [9.17, 15) is 14.9 Å². The monoisotopic (exact) mass is 454 g/mol. The molecule has 0 saturated heterocycles. The first kappa shape index (κ1) is 20.5. The maximum atomic E-state index is 12.4. The number of hydrogen-bond acceptors (Lipinski definition) is 7. The number of nitrogens with zero attached hydrogens (tertiary/aromatic N) is 3. The molecule has 0 aliphatic carbocycles. The van der Waals surface area contributed by atoms with Crippen molar-refractivity contribution >= 4 is 58.0 Å². The van der Waals surface area contributed by atoms with E-state index in [1.165, 1.54) is 12.4 Å². The highest BCUT2D eigenvalue weighted by Gasteiger charge is 2.28. The van der Waals surface area contributed by atoms with Gasteiger partial charge in [-0.25, -0.2) is 0 Å². The molecule has 1 N–H and O–H groups in total. The van der Waals surface area contributed by atoms with E-state index in [-0.39, 0.29) is 19.3 Å². The number of rotatable bonds is 7. The van der Waals surface area contributed by atoms with Gasteiger partial charge in [-0.15, -0.1) is 0 Å². The first-order valence-corrected chi connectivity index (χ1v) is 10.3. The lowest BCUT2D eigenvalue weighted by Gasteiger charge is -2.03. The fraction of sp³-hybridized carbons (Fsp3) is 0.118. The Morgan fingerprint density at radius 3 is 2.54 bits per heavy atom. The maximum Gasteiger partial charge on any atom is 0.389 e. The van der Waals surface area contributed by atoms with Gasteiger partial charge in [-0.1, -0.05) is 76.6 Å². The predicted molar refractivity (Wildman–Crippen MR) is 110 cm³/mol. The Balaban J connectivity index is 1.74. The lowest BCUT2D eigenvalue weighted by atomic mass is 10.1. The molecule has 3 rings (SSSR count). The Morgan fingerprint density at radius 2 is 1.89 bits per heavy atom. The van der Waals surface area contributed by atoms with E-state index in [2.05, 4.69) is 15.3 Å². The van der Waals surface area contributed by atoms with Crippen molar-refractivity contribution in [3.8, 4) is 0 Å². The van der Waals surface area contributed by atoms with Crippen LogP contribution in [0, 0.1) is 10.1 Å². The molecule has 1 aromatic carbocycles. The normalized spacial score (nSPS) is 10.6. The van der Waals surface area contributed by atoms with Gasteiger partial charge in [0.1, 0.15) is 0 Å². The van der Waals surface area contributed by atoms with Gasteiger partial charge in [0.15, 0.2) is 4.21 Å². The molecule has 11 heteroatoms. The smallest absolute Gasteiger partial charge is 0.358 e. The quantitative estimate of drug-likeness (QED) is 0.403. The van der Waals surface area contributed by atoms with Crippen LogP contribution in [0.25, 0.3) is 0 Å². The predicted octanol–water partition coefficient (Wildman–Crippen LogP) is 4.88. The van der Waals surface area contributed by atoms with Crippen molar-refractivity contribution in [2.75, 3.05) is 6.54 Å². The van der Waals surface area contributed by atoms with Gasteiger partial charge >= 0.3 is 11.7 Å². The summed E-state index contributed by atoms with van der Waals surface area (Å²) in [6.45, 7) is 0.390. The molecular formula is C17H12Cl2N4O3S2. The third-order valence-electron chi connectivity index (χ3n) is 3.49. The Labute approximate surface area is 178 Å². The maximum absolute atomic E-state index is 12.4. The van der Waals surface area contributed by atoms with Gasteiger partial charge in [0.2, 0.25) is 0 Å². The number of pyridine rings is 1. The summed E-state index contributed by atoms with van der Waals surface area (Å²) in [4.78, 5) is 31.2. The largest absolute Gasteiger partial charge is 0.389 e. The van der Waals surface area contributed by atoms with Crippen molar-refractivity contribution in [2.24, 2.45) is 0 Å². The number of nitrogens with one attached hydrogen (secondary N) is 1. The van der Waals surface area contributed by atoms with Crippen LogP contribution < -0.4 is 5.32 Å². The lowest BCUT2D eigenvalue weighted by molar-refractivity contribution is -0.391. The molecule has 28 heavy (non-hydrogen) atoms. The molecule has 2 heterocycles. The molecule has 144 valence electrons. The van der Waals surface area contributed by atoms with Crippen LogP contribution in [0.1, 0.15) is 15.4 Å². The number of thiazole rings is 1. The van der Waals surface area contributed by atoms with Gasteiger partial charge in [0.05, 0.1) is 14.9 Å². The molecule has 0 radical (unpaired) electrons. The van der Waals surface area contributed by atoms with Crippen LogP contribution in [0.15, 0.2) is 51.8 Å². The summed E-state index contributed by atoms with van der Waals surface area (Å²) in [6.07, 6.45) is 3.42. The second-order valence-corrected chi connectivity index (χ2v) is 8.51. The number of aromatic nitrogens is 2. The summed E-state index contributed by atoms with van der Waals surface area (Å²) in [5.41, 5.74) is 1.08. The number of amides is 1. The van der Waals surface area contributed by atoms with Gasteiger partial charge in [0, 0.05) is 18.9 Å². The highest BCUT2D eigenvalue weighted by Crippen LogP contribution is 2.44. The Bertz CT molecular complexity index is 995. The molecule has 0 aliphatic rings. The average molecular weight is 455 g/mol. The van der Waals surface area contributed by atoms with Gasteiger partial charge in [-0.3, -0.25) is 9.78 Å². The van der Waals surface area contributed by atoms with E-state index in [0.717, 1.165) is 28.7 Å². The second-order valence-electron chi connectivity index (χ2n) is 5.41. The molecular weight excluding hydrogens is 443 g/mol. The zero-order chi connectivity index (χ0) is 20.1. The van der Waals surface area contributed by atoms with Crippen molar-refractivity contribution in [2.45, 2.75) is 15.5 Å². The van der Waals surface area contributed by atoms with E-state index < -0.39 is 16.6 Å². The van der Waals surface area contributed by atoms with Gasteiger partial charge in [-0.2, -0.15) is 0 Å². The van der Waals surface area contributed by atoms with Crippen molar-refractivity contribution in [1.82, 2.24) is 15.3 Å². The number of carbonyl (C=O) groups excluding carboxylic acids is 1. The molecule has 0 unspecified atom stereocenters. The standard InChI is InChI=1S/C17H12Cl2N4O3S2/c18-11-8-20-9-12(19)13(11)27-17-14(23(25)26)22-16(28-17)15(24)21-7-6-10-4-2-1-3-5-10/h1-5,8-9H,6-7H2,(H,21,24). The van der Waals surface area contributed by atoms with Crippen LogP contribution in [0.2, 0.25) is 10.0 Å². The Kier molecular flexibility index (Phi) is 6.84. The summed E-state index contributed by atoms with van der Waals surface area (Å²) < 4.78 is 0.216. The summed E-state index contributed by atoms with van der Waals surface area (Å²) >= 11 is 14.0. The molecule has 0 spiro atoms. The molecule has 0 fully saturated rings. The number of nitro groups is 1. The van der Waals surface area contributed by atoms with Gasteiger partial charge < -0.3 is 15.4 Å². The number of halogens is 2.